The molecule has 0 bridgehead atoms. The van der Waals surface area contributed by atoms with Gasteiger partial charge in [0.15, 0.2) is 10.9 Å². The van der Waals surface area contributed by atoms with Crippen LogP contribution in [0, 0.1) is 6.92 Å². The Balaban J connectivity index is 1.78. The Bertz CT molecular complexity index is 810. The first-order valence-corrected chi connectivity index (χ1v) is 10.1. The Hall–Kier alpha value is -2.14. The van der Waals surface area contributed by atoms with Gasteiger partial charge in [0.05, 0.1) is 5.69 Å². The standard InChI is InChI=1S/C21H26ClN3O2/c1-3-4-5-6-7-8-9-12-25-17-13-15(2)10-11-18(17)27-20-16(21(25)26)14-19(22)23-24-20/h10-11,13-14H,3-9,12H2,1-2H3. The summed E-state index contributed by atoms with van der Waals surface area (Å²) >= 11 is 5.97. The van der Waals surface area contributed by atoms with Gasteiger partial charge in [-0.05, 0) is 37.1 Å². The van der Waals surface area contributed by atoms with Crippen LogP contribution in [0.2, 0.25) is 5.15 Å². The summed E-state index contributed by atoms with van der Waals surface area (Å²) in [5, 5.41) is 7.97. The summed E-state index contributed by atoms with van der Waals surface area (Å²) in [5.41, 5.74) is 2.21. The van der Waals surface area contributed by atoms with Crippen molar-refractivity contribution in [1.29, 1.82) is 0 Å². The molecule has 0 atom stereocenters. The topological polar surface area (TPSA) is 55.3 Å². The molecule has 0 saturated heterocycles. The fourth-order valence-electron chi connectivity index (χ4n) is 3.32. The fourth-order valence-corrected chi connectivity index (χ4v) is 3.46. The molecule has 0 fully saturated rings. The molecule has 1 aliphatic heterocycles. The fraction of sp³-hybridized carbons (Fsp3) is 0.476. The van der Waals surface area contributed by atoms with Crippen LogP contribution in [0.3, 0.4) is 0 Å². The van der Waals surface area contributed by atoms with Crippen molar-refractivity contribution in [3.05, 3.63) is 40.5 Å². The maximum atomic E-state index is 13.2. The van der Waals surface area contributed by atoms with Crippen LogP contribution in [0.4, 0.5) is 5.69 Å². The molecule has 0 radical (unpaired) electrons. The monoisotopic (exact) mass is 387 g/mol. The molecule has 2 heterocycles. The van der Waals surface area contributed by atoms with E-state index in [2.05, 4.69) is 17.1 Å². The molecule has 5 nitrogen and oxygen atoms in total. The molecule has 1 aliphatic rings. The van der Waals surface area contributed by atoms with E-state index >= 15 is 0 Å². The normalized spacial score (nSPS) is 13.0. The van der Waals surface area contributed by atoms with E-state index in [0.717, 1.165) is 24.1 Å². The third-order valence-corrected chi connectivity index (χ3v) is 4.99. The van der Waals surface area contributed by atoms with Crippen LogP contribution < -0.4 is 9.64 Å². The minimum Gasteiger partial charge on any atom is -0.435 e. The van der Waals surface area contributed by atoms with Crippen molar-refractivity contribution in [3.8, 4) is 11.6 Å². The number of nitrogens with zero attached hydrogens (tertiary/aromatic N) is 3. The number of hydrogen-bond acceptors (Lipinski definition) is 4. The molecule has 1 aromatic heterocycles. The second-order valence-electron chi connectivity index (χ2n) is 7.04. The number of carbonyl (C=O) groups is 1. The Kier molecular flexibility index (Phi) is 6.67. The maximum absolute atomic E-state index is 13.2. The Morgan fingerprint density at radius 3 is 2.56 bits per heavy atom. The highest BCUT2D eigenvalue weighted by molar-refractivity contribution is 6.29. The maximum Gasteiger partial charge on any atom is 0.264 e. The largest absolute Gasteiger partial charge is 0.435 e. The lowest BCUT2D eigenvalue weighted by Gasteiger charge is -2.22. The van der Waals surface area contributed by atoms with E-state index < -0.39 is 0 Å². The van der Waals surface area contributed by atoms with Gasteiger partial charge < -0.3 is 9.64 Å². The van der Waals surface area contributed by atoms with E-state index in [0.29, 0.717) is 17.9 Å². The van der Waals surface area contributed by atoms with E-state index in [1.54, 1.807) is 4.90 Å². The van der Waals surface area contributed by atoms with Crippen LogP contribution in [0.25, 0.3) is 0 Å². The number of unbranched alkanes of at least 4 members (excludes halogenated alkanes) is 6. The lowest BCUT2D eigenvalue weighted by Crippen LogP contribution is -2.31. The summed E-state index contributed by atoms with van der Waals surface area (Å²) in [6.07, 6.45) is 8.36. The van der Waals surface area contributed by atoms with Gasteiger partial charge in [-0.3, -0.25) is 4.79 Å². The van der Waals surface area contributed by atoms with Crippen LogP contribution in [0.15, 0.2) is 24.3 Å². The lowest BCUT2D eigenvalue weighted by molar-refractivity contribution is 0.0986. The zero-order valence-corrected chi connectivity index (χ0v) is 16.8. The molecule has 1 aromatic carbocycles. The molecule has 27 heavy (non-hydrogen) atoms. The third-order valence-electron chi connectivity index (χ3n) is 4.80. The van der Waals surface area contributed by atoms with Crippen molar-refractivity contribution < 1.29 is 9.53 Å². The van der Waals surface area contributed by atoms with Gasteiger partial charge in [0, 0.05) is 6.54 Å². The van der Waals surface area contributed by atoms with Crippen LogP contribution in [-0.4, -0.2) is 22.6 Å². The molecule has 1 amide bonds. The lowest BCUT2D eigenvalue weighted by atomic mass is 10.1. The van der Waals surface area contributed by atoms with Crippen molar-refractivity contribution in [2.24, 2.45) is 0 Å². The molecule has 3 rings (SSSR count). The number of anilines is 1. The molecule has 0 N–H and O–H groups in total. The first kappa shape index (κ1) is 19.6. The van der Waals surface area contributed by atoms with Gasteiger partial charge >= 0.3 is 0 Å². The first-order chi connectivity index (χ1) is 13.1. The van der Waals surface area contributed by atoms with Gasteiger partial charge in [-0.25, -0.2) is 0 Å². The van der Waals surface area contributed by atoms with Crippen LogP contribution in [0.1, 0.15) is 67.8 Å². The Labute approximate surface area is 165 Å². The molecule has 2 aromatic rings. The Morgan fingerprint density at radius 2 is 1.78 bits per heavy atom. The average Bonchev–Trinajstić information content (AvgIpc) is 2.76. The summed E-state index contributed by atoms with van der Waals surface area (Å²) in [5.74, 6) is 0.681. The number of aromatic nitrogens is 2. The van der Waals surface area contributed by atoms with Crippen molar-refractivity contribution in [2.45, 2.75) is 58.8 Å². The van der Waals surface area contributed by atoms with E-state index in [4.69, 9.17) is 16.3 Å². The molecule has 0 aliphatic carbocycles. The second-order valence-corrected chi connectivity index (χ2v) is 7.42. The minimum atomic E-state index is -0.142. The quantitative estimate of drug-likeness (QED) is 0.526. The van der Waals surface area contributed by atoms with Gasteiger partial charge in [0.25, 0.3) is 11.8 Å². The van der Waals surface area contributed by atoms with Crippen LogP contribution in [0.5, 0.6) is 11.6 Å². The predicted octanol–water partition coefficient (Wildman–Crippen LogP) is 5.94. The summed E-state index contributed by atoms with van der Waals surface area (Å²) in [6.45, 7) is 4.87. The molecule has 0 unspecified atom stereocenters. The van der Waals surface area contributed by atoms with E-state index in [-0.39, 0.29) is 16.9 Å². The van der Waals surface area contributed by atoms with Gasteiger partial charge in [-0.1, -0.05) is 63.1 Å². The SMILES string of the molecule is CCCCCCCCCN1C(=O)c2cc(Cl)nnc2Oc2ccc(C)cc21. The molecule has 0 spiro atoms. The summed E-state index contributed by atoms with van der Waals surface area (Å²) < 4.78 is 5.89. The van der Waals surface area contributed by atoms with Crippen molar-refractivity contribution >= 4 is 23.2 Å². The molecule has 0 saturated carbocycles. The van der Waals surface area contributed by atoms with Gasteiger partial charge in [-0.15, -0.1) is 10.2 Å². The highest BCUT2D eigenvalue weighted by Gasteiger charge is 2.29. The number of hydrogen-bond donors (Lipinski definition) is 0. The van der Waals surface area contributed by atoms with E-state index in [1.165, 1.54) is 38.2 Å². The zero-order valence-electron chi connectivity index (χ0n) is 16.0. The van der Waals surface area contributed by atoms with Crippen LogP contribution >= 0.6 is 11.6 Å². The molecular weight excluding hydrogens is 362 g/mol. The number of carbonyl (C=O) groups excluding carboxylic acids is 1. The van der Waals surface area contributed by atoms with Gasteiger partial charge in [0.2, 0.25) is 0 Å². The number of ether oxygens (including phenoxy) is 1. The number of aryl methyl sites for hydroxylation is 1. The Morgan fingerprint density at radius 1 is 1.04 bits per heavy atom. The third kappa shape index (κ3) is 4.78. The number of fused-ring (bicyclic) bond motifs is 2. The predicted molar refractivity (Wildman–Crippen MR) is 108 cm³/mol. The highest BCUT2D eigenvalue weighted by atomic mass is 35.5. The van der Waals surface area contributed by atoms with E-state index in [9.17, 15) is 4.79 Å². The van der Waals surface area contributed by atoms with E-state index in [1.807, 2.05) is 25.1 Å². The van der Waals surface area contributed by atoms with Gasteiger partial charge in [0.1, 0.15) is 5.56 Å². The molecular formula is C21H26ClN3O2. The summed E-state index contributed by atoms with van der Waals surface area (Å²) in [6, 6.07) is 7.35. The smallest absolute Gasteiger partial charge is 0.264 e. The minimum absolute atomic E-state index is 0.142. The van der Waals surface area contributed by atoms with Crippen molar-refractivity contribution in [1.82, 2.24) is 10.2 Å². The first-order valence-electron chi connectivity index (χ1n) is 9.73. The summed E-state index contributed by atoms with van der Waals surface area (Å²) in [7, 11) is 0. The molecule has 144 valence electrons. The molecule has 6 heteroatoms. The number of halogens is 1. The van der Waals surface area contributed by atoms with Crippen molar-refractivity contribution in [2.75, 3.05) is 11.4 Å². The summed E-state index contributed by atoms with van der Waals surface area (Å²) in [4.78, 5) is 15.0. The average molecular weight is 388 g/mol. The number of benzene rings is 1. The van der Waals surface area contributed by atoms with Gasteiger partial charge in [-0.2, -0.15) is 0 Å². The highest BCUT2D eigenvalue weighted by Crippen LogP contribution is 2.38. The zero-order chi connectivity index (χ0) is 19.2. The van der Waals surface area contributed by atoms with Crippen LogP contribution in [-0.2, 0) is 0 Å². The second kappa shape index (κ2) is 9.18. The number of rotatable bonds is 8. The van der Waals surface area contributed by atoms with Crippen molar-refractivity contribution in [3.63, 3.8) is 0 Å². The number of amides is 1.